The van der Waals surface area contributed by atoms with Gasteiger partial charge in [0.2, 0.25) is 0 Å². The zero-order valence-corrected chi connectivity index (χ0v) is 23.9. The molecule has 0 saturated carbocycles. The highest BCUT2D eigenvalue weighted by Crippen LogP contribution is 2.48. The lowest BCUT2D eigenvalue weighted by Gasteiger charge is -2.31. The SMILES string of the molecule is CCCCCCC(CCCCCC)SSC1CCCC(CC)SSC1CCCCC. The van der Waals surface area contributed by atoms with Crippen molar-refractivity contribution in [1.29, 1.82) is 0 Å². The second kappa shape index (κ2) is 21.0. The predicted molar refractivity (Wildman–Crippen MR) is 151 cm³/mol. The van der Waals surface area contributed by atoms with Crippen molar-refractivity contribution in [3.05, 3.63) is 0 Å². The van der Waals surface area contributed by atoms with E-state index >= 15 is 0 Å². The fourth-order valence-electron chi connectivity index (χ4n) is 4.19. The lowest BCUT2D eigenvalue weighted by atomic mass is 10.0. The van der Waals surface area contributed by atoms with Crippen molar-refractivity contribution in [1.82, 2.24) is 0 Å². The summed E-state index contributed by atoms with van der Waals surface area (Å²) in [6.45, 7) is 9.39. The molecule has 0 radical (unpaired) electrons. The summed E-state index contributed by atoms with van der Waals surface area (Å²) < 4.78 is 0. The summed E-state index contributed by atoms with van der Waals surface area (Å²) in [5, 5.41) is 3.53. The highest BCUT2D eigenvalue weighted by Gasteiger charge is 2.27. The molecule has 0 amide bonds. The molecule has 1 saturated heterocycles. The lowest BCUT2D eigenvalue weighted by molar-refractivity contribution is 0.565. The van der Waals surface area contributed by atoms with E-state index in [0.717, 1.165) is 21.0 Å². The highest BCUT2D eigenvalue weighted by molar-refractivity contribution is 8.78. The van der Waals surface area contributed by atoms with Crippen LogP contribution in [0.5, 0.6) is 0 Å². The maximum atomic E-state index is 2.38. The summed E-state index contributed by atoms with van der Waals surface area (Å²) in [4.78, 5) is 0. The van der Waals surface area contributed by atoms with Crippen LogP contribution in [0.3, 0.4) is 0 Å². The third-order valence-electron chi connectivity index (χ3n) is 6.37. The van der Waals surface area contributed by atoms with Crippen molar-refractivity contribution in [3.63, 3.8) is 0 Å². The van der Waals surface area contributed by atoms with Gasteiger partial charge in [0, 0.05) is 21.0 Å². The van der Waals surface area contributed by atoms with Crippen LogP contribution in [-0.4, -0.2) is 21.0 Å². The molecule has 0 aromatic heterocycles. The van der Waals surface area contributed by atoms with Crippen LogP contribution in [0.15, 0.2) is 0 Å². The van der Waals surface area contributed by atoms with Crippen LogP contribution in [-0.2, 0) is 0 Å². The Bertz CT molecular complexity index is 351. The molecule has 1 aliphatic rings. The molecule has 1 fully saturated rings. The topological polar surface area (TPSA) is 0 Å². The van der Waals surface area contributed by atoms with Crippen molar-refractivity contribution in [3.8, 4) is 0 Å². The van der Waals surface area contributed by atoms with Crippen molar-refractivity contribution < 1.29 is 0 Å². The van der Waals surface area contributed by atoms with Gasteiger partial charge in [-0.15, -0.1) is 0 Å². The molecule has 0 aromatic carbocycles. The first kappa shape index (κ1) is 29.4. The molecule has 4 heteroatoms. The smallest absolute Gasteiger partial charge is 0.0278 e. The first-order chi connectivity index (χ1) is 14.7. The second-order valence-electron chi connectivity index (χ2n) is 9.24. The lowest BCUT2D eigenvalue weighted by Crippen LogP contribution is -2.22. The van der Waals surface area contributed by atoms with E-state index in [9.17, 15) is 0 Å². The van der Waals surface area contributed by atoms with Gasteiger partial charge in [-0.2, -0.15) is 0 Å². The van der Waals surface area contributed by atoms with E-state index < -0.39 is 0 Å². The molecular formula is C26H52S4. The summed E-state index contributed by atoms with van der Waals surface area (Å²) in [6, 6.07) is 0. The van der Waals surface area contributed by atoms with Crippen molar-refractivity contribution in [2.45, 2.75) is 164 Å². The Balaban J connectivity index is 2.56. The minimum Gasteiger partial charge on any atom is -0.0904 e. The molecule has 1 aliphatic heterocycles. The second-order valence-corrected chi connectivity index (χ2v) is 14.9. The van der Waals surface area contributed by atoms with Gasteiger partial charge in [0.05, 0.1) is 0 Å². The molecule has 1 heterocycles. The molecule has 180 valence electrons. The van der Waals surface area contributed by atoms with Crippen molar-refractivity contribution >= 4 is 43.2 Å². The summed E-state index contributed by atoms with van der Waals surface area (Å²) in [7, 11) is 9.12. The zero-order valence-electron chi connectivity index (χ0n) is 20.7. The Morgan fingerprint density at radius 3 is 1.97 bits per heavy atom. The van der Waals surface area contributed by atoms with E-state index in [2.05, 4.69) is 70.9 Å². The van der Waals surface area contributed by atoms with E-state index in [1.54, 1.807) is 0 Å². The van der Waals surface area contributed by atoms with Gasteiger partial charge in [0.1, 0.15) is 0 Å². The van der Waals surface area contributed by atoms with E-state index in [4.69, 9.17) is 0 Å². The maximum absolute atomic E-state index is 2.38. The summed E-state index contributed by atoms with van der Waals surface area (Å²) in [5.74, 6) is 0. The van der Waals surface area contributed by atoms with E-state index in [1.165, 1.54) is 116 Å². The normalized spacial score (nSPS) is 22.9. The summed E-state index contributed by atoms with van der Waals surface area (Å²) in [6.07, 6.45) is 25.6. The molecule has 3 unspecified atom stereocenters. The molecule has 0 bridgehead atoms. The van der Waals surface area contributed by atoms with Gasteiger partial charge in [0.15, 0.2) is 0 Å². The van der Waals surface area contributed by atoms with Crippen molar-refractivity contribution in [2.75, 3.05) is 0 Å². The first-order valence-corrected chi connectivity index (χ1v) is 17.9. The predicted octanol–water partition coefficient (Wildman–Crippen LogP) is 11.3. The first-order valence-electron chi connectivity index (χ1n) is 13.4. The van der Waals surface area contributed by atoms with Gasteiger partial charge in [-0.05, 0) is 38.5 Å². The Kier molecular flexibility index (Phi) is 20.6. The van der Waals surface area contributed by atoms with Crippen LogP contribution in [0.4, 0.5) is 0 Å². The summed E-state index contributed by atoms with van der Waals surface area (Å²) in [5.41, 5.74) is 0. The van der Waals surface area contributed by atoms with Crippen LogP contribution in [0.2, 0.25) is 0 Å². The Morgan fingerprint density at radius 1 is 0.733 bits per heavy atom. The Labute approximate surface area is 206 Å². The third-order valence-corrected chi connectivity index (χ3v) is 13.8. The molecule has 1 rings (SSSR count). The number of rotatable bonds is 18. The molecule has 0 aliphatic carbocycles. The van der Waals surface area contributed by atoms with Gasteiger partial charge in [-0.3, -0.25) is 0 Å². The molecule has 30 heavy (non-hydrogen) atoms. The fraction of sp³-hybridized carbons (Fsp3) is 1.00. The van der Waals surface area contributed by atoms with Gasteiger partial charge in [0.25, 0.3) is 0 Å². The standard InChI is InChI=1S/C26H52S4/c1-5-9-12-15-18-24(19-16-13-10-6-2)28-30-26-22-17-20-23(8-4)27-29-25(26)21-14-11-7-3/h23-26H,5-22H2,1-4H3. The monoisotopic (exact) mass is 492 g/mol. The van der Waals surface area contributed by atoms with Gasteiger partial charge in [-0.1, -0.05) is 148 Å². The van der Waals surface area contributed by atoms with Crippen LogP contribution in [0.25, 0.3) is 0 Å². The van der Waals surface area contributed by atoms with E-state index in [1.807, 2.05) is 0 Å². The van der Waals surface area contributed by atoms with Crippen molar-refractivity contribution in [2.24, 2.45) is 0 Å². The number of hydrogen-bond donors (Lipinski definition) is 0. The zero-order chi connectivity index (χ0) is 21.9. The number of unbranched alkanes of at least 4 members (excludes halogenated alkanes) is 8. The van der Waals surface area contributed by atoms with Crippen LogP contribution >= 0.6 is 43.2 Å². The number of hydrogen-bond acceptors (Lipinski definition) is 4. The van der Waals surface area contributed by atoms with Gasteiger partial charge >= 0.3 is 0 Å². The van der Waals surface area contributed by atoms with Crippen LogP contribution in [0, 0.1) is 0 Å². The fourth-order valence-corrected chi connectivity index (χ4v) is 12.0. The molecule has 0 nitrogen and oxygen atoms in total. The molecule has 0 aromatic rings. The Morgan fingerprint density at radius 2 is 1.37 bits per heavy atom. The Hall–Kier alpha value is 1.40. The largest absolute Gasteiger partial charge is 0.0904 e. The van der Waals surface area contributed by atoms with Crippen LogP contribution < -0.4 is 0 Å². The van der Waals surface area contributed by atoms with Crippen LogP contribution in [0.1, 0.15) is 143 Å². The van der Waals surface area contributed by atoms with Gasteiger partial charge in [-0.25, -0.2) is 0 Å². The van der Waals surface area contributed by atoms with Gasteiger partial charge < -0.3 is 0 Å². The van der Waals surface area contributed by atoms with E-state index in [-0.39, 0.29) is 0 Å². The van der Waals surface area contributed by atoms with E-state index in [0.29, 0.717) is 0 Å². The summed E-state index contributed by atoms with van der Waals surface area (Å²) >= 11 is 0. The minimum atomic E-state index is 0.870. The average molecular weight is 493 g/mol. The molecular weight excluding hydrogens is 441 g/mol. The molecule has 0 N–H and O–H groups in total. The molecule has 0 spiro atoms. The third kappa shape index (κ3) is 14.5. The maximum Gasteiger partial charge on any atom is 0.0278 e. The highest BCUT2D eigenvalue weighted by atomic mass is 33.1. The minimum absolute atomic E-state index is 0.870. The molecule has 3 atom stereocenters. The average Bonchev–Trinajstić information content (AvgIpc) is 2.75. The quantitative estimate of drug-likeness (QED) is 0.138.